The standard InChI is InChI=1S/C9H11NOS/c1-7-4-10(5-7)9(11)8-2-3-12-6-8/h2-3,6-7H,4-5H2,1H3. The van der Waals surface area contributed by atoms with Crippen LogP contribution in [0.25, 0.3) is 0 Å². The Bertz CT molecular complexity index is 275. The van der Waals surface area contributed by atoms with E-state index < -0.39 is 0 Å². The highest BCUT2D eigenvalue weighted by Crippen LogP contribution is 2.18. The lowest BCUT2D eigenvalue weighted by atomic mass is 10.0. The molecule has 0 atom stereocenters. The van der Waals surface area contributed by atoms with Gasteiger partial charge in [-0.2, -0.15) is 11.3 Å². The van der Waals surface area contributed by atoms with Crippen molar-refractivity contribution < 1.29 is 4.79 Å². The second-order valence-corrected chi connectivity index (χ2v) is 4.11. The SMILES string of the molecule is CC1CN(C(=O)c2ccsc2)C1. The molecule has 1 aliphatic rings. The number of likely N-dealkylation sites (tertiary alicyclic amines) is 1. The van der Waals surface area contributed by atoms with Crippen molar-refractivity contribution >= 4 is 17.2 Å². The normalized spacial score (nSPS) is 17.6. The lowest BCUT2D eigenvalue weighted by molar-refractivity contribution is 0.0531. The Hall–Kier alpha value is -0.830. The van der Waals surface area contributed by atoms with Gasteiger partial charge in [-0.25, -0.2) is 0 Å². The summed E-state index contributed by atoms with van der Waals surface area (Å²) in [5.41, 5.74) is 0.840. The molecular formula is C9H11NOS. The number of amides is 1. The van der Waals surface area contributed by atoms with Crippen LogP contribution in [0.5, 0.6) is 0 Å². The topological polar surface area (TPSA) is 20.3 Å². The molecule has 1 aromatic heterocycles. The maximum absolute atomic E-state index is 11.6. The molecular weight excluding hydrogens is 170 g/mol. The fourth-order valence-corrected chi connectivity index (χ4v) is 2.06. The number of carbonyl (C=O) groups is 1. The highest BCUT2D eigenvalue weighted by molar-refractivity contribution is 7.08. The van der Waals surface area contributed by atoms with Gasteiger partial charge in [0.05, 0.1) is 5.56 Å². The van der Waals surface area contributed by atoms with Gasteiger partial charge >= 0.3 is 0 Å². The van der Waals surface area contributed by atoms with Crippen LogP contribution >= 0.6 is 11.3 Å². The number of thiophene rings is 1. The fraction of sp³-hybridized carbons (Fsp3) is 0.444. The predicted octanol–water partition coefficient (Wildman–Crippen LogP) is 1.84. The minimum atomic E-state index is 0.189. The van der Waals surface area contributed by atoms with Gasteiger partial charge in [0.1, 0.15) is 0 Å². The van der Waals surface area contributed by atoms with Crippen LogP contribution in [0.1, 0.15) is 17.3 Å². The quantitative estimate of drug-likeness (QED) is 0.647. The summed E-state index contributed by atoms with van der Waals surface area (Å²) < 4.78 is 0. The molecule has 1 fully saturated rings. The van der Waals surface area contributed by atoms with Crippen LogP contribution in [0.15, 0.2) is 16.8 Å². The average molecular weight is 181 g/mol. The second-order valence-electron chi connectivity index (χ2n) is 3.33. The highest BCUT2D eigenvalue weighted by Gasteiger charge is 2.27. The Morgan fingerprint density at radius 1 is 1.67 bits per heavy atom. The lowest BCUT2D eigenvalue weighted by Crippen LogP contribution is -2.48. The summed E-state index contributed by atoms with van der Waals surface area (Å²) >= 11 is 1.57. The third-order valence-electron chi connectivity index (χ3n) is 2.12. The summed E-state index contributed by atoms with van der Waals surface area (Å²) in [6.45, 7) is 4.01. The van der Waals surface area contributed by atoms with Crippen molar-refractivity contribution in [1.82, 2.24) is 4.90 Å². The first-order valence-corrected chi connectivity index (χ1v) is 5.03. The molecule has 2 heterocycles. The van der Waals surface area contributed by atoms with E-state index >= 15 is 0 Å². The number of nitrogens with zero attached hydrogens (tertiary/aromatic N) is 1. The van der Waals surface area contributed by atoms with Crippen LogP contribution in [0.3, 0.4) is 0 Å². The van der Waals surface area contributed by atoms with Crippen LogP contribution < -0.4 is 0 Å². The van der Waals surface area contributed by atoms with Crippen molar-refractivity contribution in [2.45, 2.75) is 6.92 Å². The van der Waals surface area contributed by atoms with E-state index in [0.29, 0.717) is 5.92 Å². The van der Waals surface area contributed by atoms with E-state index in [1.807, 2.05) is 21.7 Å². The van der Waals surface area contributed by atoms with Crippen molar-refractivity contribution in [3.05, 3.63) is 22.4 Å². The molecule has 2 rings (SSSR count). The summed E-state index contributed by atoms with van der Waals surface area (Å²) in [6, 6.07) is 1.88. The zero-order chi connectivity index (χ0) is 8.55. The molecule has 0 bridgehead atoms. The van der Waals surface area contributed by atoms with Crippen molar-refractivity contribution in [2.24, 2.45) is 5.92 Å². The van der Waals surface area contributed by atoms with E-state index in [0.717, 1.165) is 18.7 Å². The van der Waals surface area contributed by atoms with E-state index in [2.05, 4.69) is 6.92 Å². The zero-order valence-electron chi connectivity index (χ0n) is 6.99. The molecule has 0 aliphatic carbocycles. The van der Waals surface area contributed by atoms with Crippen LogP contribution in [0.4, 0.5) is 0 Å². The summed E-state index contributed by atoms with van der Waals surface area (Å²) in [5.74, 6) is 0.877. The Labute approximate surface area is 75.8 Å². The molecule has 1 aliphatic heterocycles. The van der Waals surface area contributed by atoms with Crippen LogP contribution in [0, 0.1) is 5.92 Å². The largest absolute Gasteiger partial charge is 0.338 e. The van der Waals surface area contributed by atoms with Gasteiger partial charge in [-0.1, -0.05) is 6.92 Å². The molecule has 1 saturated heterocycles. The number of hydrogen-bond acceptors (Lipinski definition) is 2. The first kappa shape index (κ1) is 7.80. The van der Waals surface area contributed by atoms with Gasteiger partial charge in [-0.05, 0) is 17.4 Å². The maximum atomic E-state index is 11.6. The molecule has 2 nitrogen and oxygen atoms in total. The van der Waals surface area contributed by atoms with E-state index in [1.165, 1.54) is 0 Å². The van der Waals surface area contributed by atoms with Crippen LogP contribution in [-0.4, -0.2) is 23.9 Å². The molecule has 12 heavy (non-hydrogen) atoms. The minimum Gasteiger partial charge on any atom is -0.338 e. The van der Waals surface area contributed by atoms with E-state index in [9.17, 15) is 4.79 Å². The smallest absolute Gasteiger partial charge is 0.254 e. The summed E-state index contributed by atoms with van der Waals surface area (Å²) in [5, 5.41) is 3.85. The van der Waals surface area contributed by atoms with Crippen molar-refractivity contribution in [3.63, 3.8) is 0 Å². The van der Waals surface area contributed by atoms with Gasteiger partial charge in [0.15, 0.2) is 0 Å². The van der Waals surface area contributed by atoms with E-state index in [4.69, 9.17) is 0 Å². The van der Waals surface area contributed by atoms with Gasteiger partial charge in [0.25, 0.3) is 5.91 Å². The van der Waals surface area contributed by atoms with Gasteiger partial charge in [-0.3, -0.25) is 4.79 Å². The molecule has 0 saturated carbocycles. The monoisotopic (exact) mass is 181 g/mol. The second kappa shape index (κ2) is 2.90. The maximum Gasteiger partial charge on any atom is 0.254 e. The van der Waals surface area contributed by atoms with Crippen molar-refractivity contribution in [3.8, 4) is 0 Å². The molecule has 3 heteroatoms. The third-order valence-corrected chi connectivity index (χ3v) is 2.80. The molecule has 0 N–H and O–H groups in total. The molecule has 0 unspecified atom stereocenters. The summed E-state index contributed by atoms with van der Waals surface area (Å²) in [6.07, 6.45) is 0. The summed E-state index contributed by atoms with van der Waals surface area (Å²) in [7, 11) is 0. The zero-order valence-corrected chi connectivity index (χ0v) is 7.80. The Morgan fingerprint density at radius 3 is 2.92 bits per heavy atom. The Morgan fingerprint density at radius 2 is 2.42 bits per heavy atom. The Balaban J connectivity index is 2.03. The van der Waals surface area contributed by atoms with E-state index in [1.54, 1.807) is 11.3 Å². The Kier molecular flexibility index (Phi) is 1.89. The molecule has 1 aromatic rings. The molecule has 1 amide bonds. The van der Waals surface area contributed by atoms with Gasteiger partial charge in [-0.15, -0.1) is 0 Å². The fourth-order valence-electron chi connectivity index (χ4n) is 1.43. The number of carbonyl (C=O) groups excluding carboxylic acids is 1. The van der Waals surface area contributed by atoms with Crippen LogP contribution in [-0.2, 0) is 0 Å². The first-order valence-electron chi connectivity index (χ1n) is 4.09. The minimum absolute atomic E-state index is 0.189. The third kappa shape index (κ3) is 1.25. The van der Waals surface area contributed by atoms with Crippen molar-refractivity contribution in [2.75, 3.05) is 13.1 Å². The van der Waals surface area contributed by atoms with E-state index in [-0.39, 0.29) is 5.91 Å². The highest BCUT2D eigenvalue weighted by atomic mass is 32.1. The van der Waals surface area contributed by atoms with Crippen LogP contribution in [0.2, 0.25) is 0 Å². The lowest BCUT2D eigenvalue weighted by Gasteiger charge is -2.36. The van der Waals surface area contributed by atoms with Gasteiger partial charge < -0.3 is 4.90 Å². The average Bonchev–Trinajstić information content (AvgIpc) is 2.49. The number of rotatable bonds is 1. The first-order chi connectivity index (χ1) is 5.77. The van der Waals surface area contributed by atoms with Gasteiger partial charge in [0.2, 0.25) is 0 Å². The molecule has 0 radical (unpaired) electrons. The molecule has 64 valence electrons. The van der Waals surface area contributed by atoms with Crippen molar-refractivity contribution in [1.29, 1.82) is 0 Å². The summed E-state index contributed by atoms with van der Waals surface area (Å²) in [4.78, 5) is 13.5. The number of hydrogen-bond donors (Lipinski definition) is 0. The predicted molar refractivity (Wildman–Crippen MR) is 49.4 cm³/mol. The van der Waals surface area contributed by atoms with Gasteiger partial charge in [0, 0.05) is 18.5 Å². The molecule has 0 spiro atoms. The molecule has 0 aromatic carbocycles.